The van der Waals surface area contributed by atoms with Crippen molar-refractivity contribution in [3.05, 3.63) is 17.3 Å². The molecule has 0 spiro atoms. The number of nitrogens with two attached hydrogens (primary N) is 1. The molecule has 1 aromatic rings. The lowest BCUT2D eigenvalue weighted by Crippen LogP contribution is -2.21. The average molecular weight is 266 g/mol. The van der Waals surface area contributed by atoms with Gasteiger partial charge in [0.2, 0.25) is 5.75 Å². The Kier molecular flexibility index (Phi) is 3.96. The summed E-state index contributed by atoms with van der Waals surface area (Å²) in [6.07, 6.45) is -4.04. The molecule has 1 aromatic heterocycles. The highest BCUT2D eigenvalue weighted by molar-refractivity contribution is 5.93. The summed E-state index contributed by atoms with van der Waals surface area (Å²) in [5, 5.41) is 8.91. The van der Waals surface area contributed by atoms with Crippen molar-refractivity contribution in [3.63, 3.8) is 0 Å². The maximum atomic E-state index is 12.2. The van der Waals surface area contributed by atoms with Crippen LogP contribution in [0.25, 0.3) is 0 Å². The number of pyridine rings is 1. The van der Waals surface area contributed by atoms with Crippen molar-refractivity contribution in [1.29, 1.82) is 0 Å². The Balaban J connectivity index is 3.45. The number of methoxy groups -OCH3 is 1. The third kappa shape index (κ3) is 3.00. The quantitative estimate of drug-likeness (QED) is 0.848. The van der Waals surface area contributed by atoms with Crippen molar-refractivity contribution in [2.24, 2.45) is 5.73 Å². The predicted molar refractivity (Wildman–Crippen MR) is 52.3 cm³/mol. The second-order valence-electron chi connectivity index (χ2n) is 3.05. The molecule has 0 bridgehead atoms. The van der Waals surface area contributed by atoms with Crippen molar-refractivity contribution < 1.29 is 32.5 Å². The van der Waals surface area contributed by atoms with Gasteiger partial charge in [-0.2, -0.15) is 0 Å². The summed E-state index contributed by atoms with van der Waals surface area (Å²) in [4.78, 5) is 14.5. The number of hydrogen-bond donors (Lipinski definition) is 2. The van der Waals surface area contributed by atoms with Crippen LogP contribution in [0, 0.1) is 0 Å². The standard InChI is InChI=1S/C9H9F3N2O4/c1-17-7-6(18-9(10,11)12)5(8(15)16)4(2-13)3-14-7/h3H,2,13H2,1H3,(H,15,16). The Hall–Kier alpha value is -2.03. The molecule has 6 nitrogen and oxygen atoms in total. The topological polar surface area (TPSA) is 94.7 Å². The van der Waals surface area contributed by atoms with Gasteiger partial charge in [0.25, 0.3) is 5.88 Å². The number of halogens is 3. The largest absolute Gasteiger partial charge is 0.573 e. The van der Waals surface area contributed by atoms with Gasteiger partial charge in [-0.25, -0.2) is 9.78 Å². The maximum Gasteiger partial charge on any atom is 0.573 e. The summed E-state index contributed by atoms with van der Waals surface area (Å²) >= 11 is 0. The number of nitrogens with zero attached hydrogens (tertiary/aromatic N) is 1. The van der Waals surface area contributed by atoms with Gasteiger partial charge in [-0.15, -0.1) is 13.2 Å². The van der Waals surface area contributed by atoms with Crippen molar-refractivity contribution in [3.8, 4) is 11.6 Å². The molecule has 0 aliphatic heterocycles. The lowest BCUT2D eigenvalue weighted by molar-refractivity contribution is -0.275. The molecular formula is C9H9F3N2O4. The van der Waals surface area contributed by atoms with Crippen LogP contribution in [0.4, 0.5) is 13.2 Å². The minimum absolute atomic E-state index is 0.0949. The number of carboxylic acids is 1. The average Bonchev–Trinajstić information content (AvgIpc) is 2.25. The molecule has 0 aromatic carbocycles. The normalized spacial score (nSPS) is 11.2. The van der Waals surface area contributed by atoms with Gasteiger partial charge in [0.15, 0.2) is 0 Å². The fraction of sp³-hybridized carbons (Fsp3) is 0.333. The van der Waals surface area contributed by atoms with E-state index in [1.165, 1.54) is 0 Å². The molecule has 0 saturated heterocycles. The number of aromatic nitrogens is 1. The molecule has 0 unspecified atom stereocenters. The highest BCUT2D eigenvalue weighted by Crippen LogP contribution is 2.35. The molecule has 0 amide bonds. The molecule has 1 heterocycles. The molecule has 0 saturated carbocycles. The second kappa shape index (κ2) is 5.08. The molecule has 9 heteroatoms. The van der Waals surface area contributed by atoms with Gasteiger partial charge < -0.3 is 20.3 Å². The zero-order valence-corrected chi connectivity index (χ0v) is 9.11. The summed E-state index contributed by atoms with van der Waals surface area (Å²) in [5.41, 5.74) is 4.42. The van der Waals surface area contributed by atoms with Crippen molar-refractivity contribution in [1.82, 2.24) is 4.98 Å². The summed E-state index contributed by atoms with van der Waals surface area (Å²) < 4.78 is 44.8. The summed E-state index contributed by atoms with van der Waals surface area (Å²) in [7, 11) is 1.04. The van der Waals surface area contributed by atoms with Crippen LogP contribution < -0.4 is 15.2 Å². The van der Waals surface area contributed by atoms with E-state index in [1.54, 1.807) is 0 Å². The first-order valence-corrected chi connectivity index (χ1v) is 4.55. The lowest BCUT2D eigenvalue weighted by atomic mass is 10.1. The zero-order chi connectivity index (χ0) is 13.9. The first-order chi connectivity index (χ1) is 8.30. The number of hydrogen-bond acceptors (Lipinski definition) is 5. The van der Waals surface area contributed by atoms with Crippen LogP contribution in [-0.2, 0) is 6.54 Å². The van der Waals surface area contributed by atoms with Gasteiger partial charge >= 0.3 is 12.3 Å². The number of rotatable bonds is 4. The van der Waals surface area contributed by atoms with E-state index in [1.807, 2.05) is 0 Å². The van der Waals surface area contributed by atoms with Crippen LogP contribution in [0.15, 0.2) is 6.20 Å². The molecule has 0 fully saturated rings. The van der Waals surface area contributed by atoms with Gasteiger partial charge in [-0.1, -0.05) is 0 Å². The van der Waals surface area contributed by atoms with Crippen LogP contribution in [0.2, 0.25) is 0 Å². The fourth-order valence-corrected chi connectivity index (χ4v) is 1.26. The molecule has 100 valence electrons. The number of carboxylic acid groups (broad SMARTS) is 1. The van der Waals surface area contributed by atoms with E-state index in [9.17, 15) is 18.0 Å². The van der Waals surface area contributed by atoms with E-state index in [0.29, 0.717) is 0 Å². The third-order valence-corrected chi connectivity index (χ3v) is 1.92. The fourth-order valence-electron chi connectivity index (χ4n) is 1.26. The van der Waals surface area contributed by atoms with Gasteiger partial charge in [0.05, 0.1) is 7.11 Å². The number of alkyl halides is 3. The van der Waals surface area contributed by atoms with Crippen LogP contribution >= 0.6 is 0 Å². The molecule has 0 aliphatic rings. The van der Waals surface area contributed by atoms with Crippen molar-refractivity contribution >= 4 is 5.97 Å². The van der Waals surface area contributed by atoms with Crippen molar-refractivity contribution in [2.45, 2.75) is 12.9 Å². The van der Waals surface area contributed by atoms with E-state index < -0.39 is 29.5 Å². The first-order valence-electron chi connectivity index (χ1n) is 4.55. The van der Waals surface area contributed by atoms with Gasteiger partial charge in [-0.05, 0) is 0 Å². The van der Waals surface area contributed by atoms with E-state index >= 15 is 0 Å². The smallest absolute Gasteiger partial charge is 0.478 e. The van der Waals surface area contributed by atoms with E-state index in [-0.39, 0.29) is 12.1 Å². The third-order valence-electron chi connectivity index (χ3n) is 1.92. The van der Waals surface area contributed by atoms with Crippen LogP contribution in [0.5, 0.6) is 11.6 Å². The zero-order valence-electron chi connectivity index (χ0n) is 9.11. The molecule has 3 N–H and O–H groups in total. The monoisotopic (exact) mass is 266 g/mol. The molecule has 0 aliphatic carbocycles. The molecule has 0 atom stereocenters. The minimum Gasteiger partial charge on any atom is -0.478 e. The molecule has 1 rings (SSSR count). The van der Waals surface area contributed by atoms with E-state index in [4.69, 9.17) is 10.8 Å². The van der Waals surface area contributed by atoms with Crippen molar-refractivity contribution in [2.75, 3.05) is 7.11 Å². The Morgan fingerprint density at radius 2 is 2.17 bits per heavy atom. The van der Waals surface area contributed by atoms with Gasteiger partial charge in [0, 0.05) is 18.3 Å². The Morgan fingerprint density at radius 1 is 1.56 bits per heavy atom. The summed E-state index contributed by atoms with van der Waals surface area (Å²) in [6.45, 7) is -0.299. The second-order valence-corrected chi connectivity index (χ2v) is 3.05. The number of aromatic carboxylic acids is 1. The highest BCUT2D eigenvalue weighted by Gasteiger charge is 2.36. The Morgan fingerprint density at radius 3 is 2.56 bits per heavy atom. The molecular weight excluding hydrogens is 257 g/mol. The highest BCUT2D eigenvalue weighted by atomic mass is 19.4. The number of ether oxygens (including phenoxy) is 2. The molecule has 0 radical (unpaired) electrons. The first kappa shape index (κ1) is 14.0. The predicted octanol–water partition coefficient (Wildman–Crippen LogP) is 1.15. The lowest BCUT2D eigenvalue weighted by Gasteiger charge is -2.15. The minimum atomic E-state index is -5.06. The number of carbonyl (C=O) groups is 1. The van der Waals surface area contributed by atoms with Crippen LogP contribution in [0.1, 0.15) is 15.9 Å². The SMILES string of the molecule is COc1ncc(CN)c(C(=O)O)c1OC(F)(F)F. The van der Waals surface area contributed by atoms with Gasteiger partial charge in [-0.3, -0.25) is 0 Å². The van der Waals surface area contributed by atoms with E-state index in [0.717, 1.165) is 13.3 Å². The summed E-state index contributed by atoms with van der Waals surface area (Å²) in [5.74, 6) is -3.21. The van der Waals surface area contributed by atoms with Gasteiger partial charge in [0.1, 0.15) is 5.56 Å². The Labute approximate surface area is 99.1 Å². The van der Waals surface area contributed by atoms with Crippen LogP contribution in [0.3, 0.4) is 0 Å². The van der Waals surface area contributed by atoms with Crippen LogP contribution in [-0.4, -0.2) is 29.5 Å². The molecule has 18 heavy (non-hydrogen) atoms. The Bertz CT molecular complexity index is 462. The van der Waals surface area contributed by atoms with E-state index in [2.05, 4.69) is 14.5 Å². The maximum absolute atomic E-state index is 12.2. The summed E-state index contributed by atoms with van der Waals surface area (Å²) in [6, 6.07) is 0.